The molecule has 0 heterocycles. The highest BCUT2D eigenvalue weighted by Crippen LogP contribution is 2.31. The summed E-state index contributed by atoms with van der Waals surface area (Å²) < 4.78 is 17.8. The fourth-order valence-electron chi connectivity index (χ4n) is 2.07. The van der Waals surface area contributed by atoms with Crippen molar-refractivity contribution in [2.75, 3.05) is 12.4 Å². The zero-order valence-electron chi connectivity index (χ0n) is 9.94. The normalized spacial score (nSPS) is 21.6. The highest BCUT2D eigenvalue weighted by atomic mass is 19.1. The van der Waals surface area contributed by atoms with Crippen LogP contribution < -0.4 is 5.32 Å². The van der Waals surface area contributed by atoms with E-state index in [4.69, 9.17) is 5.26 Å². The second-order valence-corrected chi connectivity index (χ2v) is 4.37. The van der Waals surface area contributed by atoms with E-state index in [0.717, 1.165) is 0 Å². The SMILES string of the molecule is COC(=O)[C@H]1C[C@@H](Nc2cc(F)cc(C#N)c2)C1. The molecule has 0 aliphatic heterocycles. The van der Waals surface area contributed by atoms with Gasteiger partial charge in [-0.1, -0.05) is 0 Å². The number of ether oxygens (including phenoxy) is 1. The number of nitrogens with one attached hydrogen (secondary N) is 1. The fourth-order valence-corrected chi connectivity index (χ4v) is 2.07. The van der Waals surface area contributed by atoms with Crippen molar-refractivity contribution in [2.24, 2.45) is 5.92 Å². The summed E-state index contributed by atoms with van der Waals surface area (Å²) in [6.07, 6.45) is 1.34. The Morgan fingerprint density at radius 3 is 2.83 bits per heavy atom. The number of halogens is 1. The second kappa shape index (κ2) is 5.05. The van der Waals surface area contributed by atoms with Gasteiger partial charge in [-0.25, -0.2) is 4.39 Å². The number of esters is 1. The highest BCUT2D eigenvalue weighted by Gasteiger charge is 2.35. The first-order valence-corrected chi connectivity index (χ1v) is 5.67. The Balaban J connectivity index is 1.94. The van der Waals surface area contributed by atoms with Gasteiger partial charge in [-0.05, 0) is 31.0 Å². The van der Waals surface area contributed by atoms with Crippen LogP contribution in [0.25, 0.3) is 0 Å². The molecule has 1 N–H and O–H groups in total. The summed E-state index contributed by atoms with van der Waals surface area (Å²) in [6.45, 7) is 0. The minimum Gasteiger partial charge on any atom is -0.469 e. The Bertz CT molecular complexity index is 504. The van der Waals surface area contributed by atoms with Gasteiger partial charge < -0.3 is 10.1 Å². The third kappa shape index (κ3) is 2.59. The number of hydrogen-bond acceptors (Lipinski definition) is 4. The Labute approximate surface area is 104 Å². The molecule has 94 valence electrons. The van der Waals surface area contributed by atoms with E-state index in [0.29, 0.717) is 18.5 Å². The molecule has 4 nitrogen and oxygen atoms in total. The molecule has 1 saturated carbocycles. The summed E-state index contributed by atoms with van der Waals surface area (Å²) in [5.74, 6) is -0.720. The molecule has 0 saturated heterocycles. The Hall–Kier alpha value is -2.09. The summed E-state index contributed by atoms with van der Waals surface area (Å²) in [5.41, 5.74) is 0.848. The maximum atomic E-state index is 13.2. The minimum absolute atomic E-state index is 0.0727. The lowest BCUT2D eigenvalue weighted by Crippen LogP contribution is -2.40. The van der Waals surface area contributed by atoms with Crippen molar-refractivity contribution in [2.45, 2.75) is 18.9 Å². The van der Waals surface area contributed by atoms with Crippen molar-refractivity contribution < 1.29 is 13.9 Å². The Morgan fingerprint density at radius 2 is 2.22 bits per heavy atom. The van der Waals surface area contributed by atoms with Crippen molar-refractivity contribution in [3.63, 3.8) is 0 Å². The van der Waals surface area contributed by atoms with Crippen molar-refractivity contribution in [1.82, 2.24) is 0 Å². The molecule has 5 heteroatoms. The zero-order chi connectivity index (χ0) is 13.1. The average Bonchev–Trinajstić information content (AvgIpc) is 2.31. The number of rotatable bonds is 3. The van der Waals surface area contributed by atoms with E-state index in [1.54, 1.807) is 6.07 Å². The van der Waals surface area contributed by atoms with E-state index < -0.39 is 5.82 Å². The highest BCUT2D eigenvalue weighted by molar-refractivity contribution is 5.73. The van der Waals surface area contributed by atoms with Gasteiger partial charge in [-0.2, -0.15) is 5.26 Å². The maximum Gasteiger partial charge on any atom is 0.308 e. The van der Waals surface area contributed by atoms with E-state index in [9.17, 15) is 9.18 Å². The topological polar surface area (TPSA) is 62.1 Å². The lowest BCUT2D eigenvalue weighted by atomic mass is 9.80. The Kier molecular flexibility index (Phi) is 3.47. The first-order valence-electron chi connectivity index (χ1n) is 5.67. The standard InChI is InChI=1S/C13H13FN2O2/c1-18-13(17)9-4-12(5-9)16-11-3-8(7-15)2-10(14)6-11/h2-3,6,9,12,16H,4-5H2,1H3/t9-,12+. The largest absolute Gasteiger partial charge is 0.469 e. The van der Waals surface area contributed by atoms with E-state index in [1.807, 2.05) is 6.07 Å². The fraction of sp³-hybridized carbons (Fsp3) is 0.385. The van der Waals surface area contributed by atoms with Crippen molar-refractivity contribution in [3.8, 4) is 6.07 Å². The number of hydrogen-bond donors (Lipinski definition) is 1. The summed E-state index contributed by atoms with van der Waals surface area (Å²) in [7, 11) is 1.37. The third-order valence-electron chi connectivity index (χ3n) is 3.07. The van der Waals surface area contributed by atoms with Crippen LogP contribution in [0.2, 0.25) is 0 Å². The van der Waals surface area contributed by atoms with Gasteiger partial charge in [0.15, 0.2) is 0 Å². The lowest BCUT2D eigenvalue weighted by molar-refractivity contribution is -0.148. The quantitative estimate of drug-likeness (QED) is 0.832. The van der Waals surface area contributed by atoms with E-state index in [-0.39, 0.29) is 23.5 Å². The molecule has 2 rings (SSSR count). The number of nitriles is 1. The number of methoxy groups -OCH3 is 1. The van der Waals surface area contributed by atoms with Gasteiger partial charge in [0.2, 0.25) is 0 Å². The number of carbonyl (C=O) groups is 1. The molecule has 1 fully saturated rings. The van der Waals surface area contributed by atoms with Gasteiger partial charge in [0.1, 0.15) is 5.82 Å². The molecule has 1 aromatic rings. The molecule has 0 atom stereocenters. The first-order chi connectivity index (χ1) is 8.62. The smallest absolute Gasteiger partial charge is 0.308 e. The molecule has 0 aromatic heterocycles. The van der Waals surface area contributed by atoms with Crippen LogP contribution in [0.3, 0.4) is 0 Å². The molecule has 1 aromatic carbocycles. The first kappa shape index (κ1) is 12.4. The number of nitrogens with zero attached hydrogens (tertiary/aromatic N) is 1. The van der Waals surface area contributed by atoms with Crippen LogP contribution in [-0.2, 0) is 9.53 Å². The van der Waals surface area contributed by atoms with Crippen LogP contribution >= 0.6 is 0 Å². The van der Waals surface area contributed by atoms with Crippen LogP contribution in [0.5, 0.6) is 0 Å². The molecule has 1 aliphatic carbocycles. The molecule has 1 aliphatic rings. The van der Waals surface area contributed by atoms with Crippen molar-refractivity contribution in [3.05, 3.63) is 29.6 Å². The molecular formula is C13H13FN2O2. The molecule has 0 spiro atoms. The molecule has 0 unspecified atom stereocenters. The number of anilines is 1. The maximum absolute atomic E-state index is 13.2. The number of benzene rings is 1. The summed E-state index contributed by atoms with van der Waals surface area (Å²) in [4.78, 5) is 11.2. The summed E-state index contributed by atoms with van der Waals surface area (Å²) >= 11 is 0. The zero-order valence-corrected chi connectivity index (χ0v) is 9.94. The van der Waals surface area contributed by atoms with Gasteiger partial charge in [-0.3, -0.25) is 4.79 Å². The molecule has 18 heavy (non-hydrogen) atoms. The monoisotopic (exact) mass is 248 g/mol. The summed E-state index contributed by atoms with van der Waals surface area (Å²) in [5, 5.41) is 11.8. The molecular weight excluding hydrogens is 235 g/mol. The van der Waals surface area contributed by atoms with Gasteiger partial charge in [0.05, 0.1) is 24.7 Å². The van der Waals surface area contributed by atoms with Gasteiger partial charge in [0, 0.05) is 11.7 Å². The van der Waals surface area contributed by atoms with Crippen molar-refractivity contribution in [1.29, 1.82) is 5.26 Å². The predicted molar refractivity (Wildman–Crippen MR) is 63.3 cm³/mol. The molecule has 0 amide bonds. The minimum atomic E-state index is -0.444. The molecule has 0 radical (unpaired) electrons. The Morgan fingerprint density at radius 1 is 1.50 bits per heavy atom. The van der Waals surface area contributed by atoms with Crippen LogP contribution in [-0.4, -0.2) is 19.1 Å². The third-order valence-corrected chi connectivity index (χ3v) is 3.07. The molecule has 0 bridgehead atoms. The van der Waals surface area contributed by atoms with Crippen molar-refractivity contribution >= 4 is 11.7 Å². The van der Waals surface area contributed by atoms with Crippen LogP contribution in [0, 0.1) is 23.1 Å². The van der Waals surface area contributed by atoms with Crippen LogP contribution in [0.4, 0.5) is 10.1 Å². The van der Waals surface area contributed by atoms with E-state index in [1.165, 1.54) is 19.2 Å². The van der Waals surface area contributed by atoms with Gasteiger partial charge in [-0.15, -0.1) is 0 Å². The van der Waals surface area contributed by atoms with E-state index >= 15 is 0 Å². The predicted octanol–water partition coefficient (Wildman–Crippen LogP) is 2.06. The number of carbonyl (C=O) groups excluding carboxylic acids is 1. The second-order valence-electron chi connectivity index (χ2n) is 4.37. The van der Waals surface area contributed by atoms with E-state index in [2.05, 4.69) is 10.1 Å². The lowest BCUT2D eigenvalue weighted by Gasteiger charge is -2.34. The average molecular weight is 248 g/mol. The van der Waals surface area contributed by atoms with Crippen LogP contribution in [0.15, 0.2) is 18.2 Å². The van der Waals surface area contributed by atoms with Gasteiger partial charge in [0.25, 0.3) is 0 Å². The summed E-state index contributed by atoms with van der Waals surface area (Å²) in [6, 6.07) is 6.14. The van der Waals surface area contributed by atoms with Gasteiger partial charge >= 0.3 is 5.97 Å². The van der Waals surface area contributed by atoms with Crippen LogP contribution in [0.1, 0.15) is 18.4 Å².